The van der Waals surface area contributed by atoms with Gasteiger partial charge in [0.25, 0.3) is 0 Å². The molecule has 0 aliphatic carbocycles. The van der Waals surface area contributed by atoms with Gasteiger partial charge < -0.3 is 15.0 Å². The predicted molar refractivity (Wildman–Crippen MR) is 110 cm³/mol. The maximum absolute atomic E-state index is 12.6. The minimum absolute atomic E-state index is 0.0630. The van der Waals surface area contributed by atoms with Crippen LogP contribution in [-0.4, -0.2) is 50.7 Å². The lowest BCUT2D eigenvalue weighted by molar-refractivity contribution is -0.121. The molecule has 1 saturated heterocycles. The van der Waals surface area contributed by atoms with E-state index in [9.17, 15) is 4.79 Å². The fourth-order valence-corrected chi connectivity index (χ4v) is 3.71. The van der Waals surface area contributed by atoms with E-state index in [0.29, 0.717) is 18.1 Å². The lowest BCUT2D eigenvalue weighted by atomic mass is 10.1. The van der Waals surface area contributed by atoms with Crippen molar-refractivity contribution in [3.63, 3.8) is 0 Å². The van der Waals surface area contributed by atoms with E-state index < -0.39 is 0 Å². The standard InChI is InChI=1S/C21H26ClN3O2/c1-24(2)21-18(22)9-6-10-19(21)23-20(26)13-17-15-25(11-12-27-17)14-16-7-4-3-5-8-16/h3-10,17H,11-15H2,1-2H3,(H,23,26). The first-order valence-corrected chi connectivity index (χ1v) is 9.54. The molecule has 2 aromatic carbocycles. The summed E-state index contributed by atoms with van der Waals surface area (Å²) in [7, 11) is 3.81. The van der Waals surface area contributed by atoms with Crippen molar-refractivity contribution >= 4 is 28.9 Å². The molecule has 0 radical (unpaired) electrons. The monoisotopic (exact) mass is 387 g/mol. The van der Waals surface area contributed by atoms with E-state index in [0.717, 1.165) is 31.0 Å². The fourth-order valence-electron chi connectivity index (χ4n) is 3.37. The number of hydrogen-bond donors (Lipinski definition) is 1. The summed E-state index contributed by atoms with van der Waals surface area (Å²) in [4.78, 5) is 16.8. The number of morpholine rings is 1. The van der Waals surface area contributed by atoms with Gasteiger partial charge in [-0.2, -0.15) is 0 Å². The third-order valence-electron chi connectivity index (χ3n) is 4.59. The van der Waals surface area contributed by atoms with E-state index in [1.54, 1.807) is 0 Å². The highest BCUT2D eigenvalue weighted by Gasteiger charge is 2.23. The molecule has 1 aliphatic rings. The number of ether oxygens (including phenoxy) is 1. The quantitative estimate of drug-likeness (QED) is 0.822. The molecule has 2 aromatic rings. The Morgan fingerprint density at radius 3 is 2.74 bits per heavy atom. The lowest BCUT2D eigenvalue weighted by Crippen LogP contribution is -2.43. The second-order valence-corrected chi connectivity index (χ2v) is 7.40. The van der Waals surface area contributed by atoms with Crippen LogP contribution in [-0.2, 0) is 16.1 Å². The molecule has 27 heavy (non-hydrogen) atoms. The average molecular weight is 388 g/mol. The van der Waals surface area contributed by atoms with Crippen LogP contribution in [0.4, 0.5) is 11.4 Å². The minimum atomic E-state index is -0.107. The zero-order valence-corrected chi connectivity index (χ0v) is 16.6. The Balaban J connectivity index is 1.57. The molecule has 0 saturated carbocycles. The van der Waals surface area contributed by atoms with Gasteiger partial charge in [-0.3, -0.25) is 9.69 Å². The summed E-state index contributed by atoms with van der Waals surface area (Å²) in [5.74, 6) is -0.0630. The molecule has 1 heterocycles. The van der Waals surface area contributed by atoms with E-state index in [2.05, 4.69) is 22.3 Å². The van der Waals surface area contributed by atoms with E-state index >= 15 is 0 Å². The van der Waals surface area contributed by atoms with Gasteiger partial charge >= 0.3 is 0 Å². The molecule has 1 atom stereocenters. The fraction of sp³-hybridized carbons (Fsp3) is 0.381. The van der Waals surface area contributed by atoms with Crippen molar-refractivity contribution in [3.8, 4) is 0 Å². The number of carbonyl (C=O) groups excluding carboxylic acids is 1. The van der Waals surface area contributed by atoms with E-state index in [4.69, 9.17) is 16.3 Å². The molecule has 1 amide bonds. The van der Waals surface area contributed by atoms with Crippen LogP contribution in [0.5, 0.6) is 0 Å². The maximum Gasteiger partial charge on any atom is 0.227 e. The Hall–Kier alpha value is -2.08. The molecule has 5 nitrogen and oxygen atoms in total. The number of para-hydroxylation sites is 1. The normalized spacial score (nSPS) is 17.5. The van der Waals surface area contributed by atoms with Crippen molar-refractivity contribution in [1.29, 1.82) is 0 Å². The number of anilines is 2. The Morgan fingerprint density at radius 1 is 1.22 bits per heavy atom. The number of benzene rings is 2. The van der Waals surface area contributed by atoms with Gasteiger partial charge in [0.2, 0.25) is 5.91 Å². The van der Waals surface area contributed by atoms with Crippen LogP contribution < -0.4 is 10.2 Å². The van der Waals surface area contributed by atoms with Gasteiger partial charge in [0, 0.05) is 33.7 Å². The summed E-state index contributed by atoms with van der Waals surface area (Å²) < 4.78 is 5.82. The summed E-state index contributed by atoms with van der Waals surface area (Å²) in [6.45, 7) is 3.15. The average Bonchev–Trinajstić information content (AvgIpc) is 2.62. The number of rotatable bonds is 6. The number of nitrogens with one attached hydrogen (secondary N) is 1. The van der Waals surface area contributed by atoms with E-state index in [-0.39, 0.29) is 12.0 Å². The summed E-state index contributed by atoms with van der Waals surface area (Å²) >= 11 is 6.27. The number of amides is 1. The molecule has 3 rings (SSSR count). The van der Waals surface area contributed by atoms with Gasteiger partial charge in [-0.1, -0.05) is 48.0 Å². The van der Waals surface area contributed by atoms with Crippen molar-refractivity contribution in [1.82, 2.24) is 4.90 Å². The molecule has 1 aliphatic heterocycles. The third kappa shape index (κ3) is 5.45. The Bertz CT molecular complexity index is 767. The lowest BCUT2D eigenvalue weighted by Gasteiger charge is -2.32. The molecule has 0 aromatic heterocycles. The van der Waals surface area contributed by atoms with Gasteiger partial charge in [0.05, 0.1) is 35.5 Å². The highest BCUT2D eigenvalue weighted by atomic mass is 35.5. The largest absolute Gasteiger partial charge is 0.375 e. The van der Waals surface area contributed by atoms with Crippen LogP contribution in [0.2, 0.25) is 5.02 Å². The summed E-state index contributed by atoms with van der Waals surface area (Å²) in [5.41, 5.74) is 2.80. The SMILES string of the molecule is CN(C)c1c(Cl)cccc1NC(=O)CC1CN(Cc2ccccc2)CCO1. The topological polar surface area (TPSA) is 44.8 Å². The van der Waals surface area contributed by atoms with E-state index in [1.165, 1.54) is 5.56 Å². The zero-order valence-electron chi connectivity index (χ0n) is 15.8. The smallest absolute Gasteiger partial charge is 0.227 e. The van der Waals surface area contributed by atoms with E-state index in [1.807, 2.05) is 55.4 Å². The summed E-state index contributed by atoms with van der Waals surface area (Å²) in [5, 5.41) is 3.59. The highest BCUT2D eigenvalue weighted by Crippen LogP contribution is 2.32. The summed E-state index contributed by atoms with van der Waals surface area (Å²) in [6, 6.07) is 15.9. The zero-order chi connectivity index (χ0) is 19.2. The number of hydrogen-bond acceptors (Lipinski definition) is 4. The molecule has 6 heteroatoms. The molecular weight excluding hydrogens is 362 g/mol. The highest BCUT2D eigenvalue weighted by molar-refractivity contribution is 6.34. The summed E-state index contributed by atoms with van der Waals surface area (Å²) in [6.07, 6.45) is 0.217. The van der Waals surface area contributed by atoms with Gasteiger partial charge in [0.1, 0.15) is 0 Å². The first-order chi connectivity index (χ1) is 13.0. The molecule has 0 bridgehead atoms. The first kappa shape index (κ1) is 19.7. The third-order valence-corrected chi connectivity index (χ3v) is 4.90. The van der Waals surface area contributed by atoms with Crippen LogP contribution in [0.15, 0.2) is 48.5 Å². The molecule has 1 N–H and O–H groups in total. The number of halogens is 1. The minimum Gasteiger partial charge on any atom is -0.375 e. The molecular formula is C21H26ClN3O2. The molecule has 1 fully saturated rings. The van der Waals surface area contributed by atoms with Gasteiger partial charge in [-0.05, 0) is 17.7 Å². The van der Waals surface area contributed by atoms with Crippen molar-refractivity contribution in [2.75, 3.05) is 44.0 Å². The number of carbonyl (C=O) groups is 1. The van der Waals surface area contributed by atoms with Gasteiger partial charge in [0.15, 0.2) is 0 Å². The van der Waals surface area contributed by atoms with Crippen LogP contribution in [0, 0.1) is 0 Å². The van der Waals surface area contributed by atoms with Crippen LogP contribution in [0.25, 0.3) is 0 Å². The van der Waals surface area contributed by atoms with Crippen molar-refractivity contribution in [2.24, 2.45) is 0 Å². The first-order valence-electron chi connectivity index (χ1n) is 9.16. The van der Waals surface area contributed by atoms with Crippen LogP contribution >= 0.6 is 11.6 Å². The maximum atomic E-state index is 12.6. The Labute approximate surface area is 165 Å². The van der Waals surface area contributed by atoms with Crippen LogP contribution in [0.1, 0.15) is 12.0 Å². The molecule has 144 valence electrons. The van der Waals surface area contributed by atoms with Crippen molar-refractivity contribution < 1.29 is 9.53 Å². The Kier molecular flexibility index (Phi) is 6.72. The number of nitrogens with zero attached hydrogens (tertiary/aromatic N) is 2. The van der Waals surface area contributed by atoms with Crippen molar-refractivity contribution in [3.05, 3.63) is 59.1 Å². The van der Waals surface area contributed by atoms with Crippen LogP contribution in [0.3, 0.4) is 0 Å². The van der Waals surface area contributed by atoms with Gasteiger partial charge in [-0.15, -0.1) is 0 Å². The second kappa shape index (κ2) is 9.22. The molecule has 0 spiro atoms. The molecule has 1 unspecified atom stereocenters. The van der Waals surface area contributed by atoms with Gasteiger partial charge in [-0.25, -0.2) is 0 Å². The van der Waals surface area contributed by atoms with Crippen molar-refractivity contribution in [2.45, 2.75) is 19.1 Å². The second-order valence-electron chi connectivity index (χ2n) is 7.00. The Morgan fingerprint density at radius 2 is 2.00 bits per heavy atom. The predicted octanol–water partition coefficient (Wildman–Crippen LogP) is 3.64.